The Balaban J connectivity index is 0.00000304. The maximum atomic E-state index is 2.34. The van der Waals surface area contributed by atoms with Gasteiger partial charge in [-0.25, -0.2) is 0 Å². The van der Waals surface area contributed by atoms with Crippen LogP contribution in [0.15, 0.2) is 161 Å². The van der Waals surface area contributed by atoms with E-state index in [2.05, 4.69) is 152 Å². The lowest BCUT2D eigenvalue weighted by Gasteiger charge is -2.31. The Hall–Kier alpha value is -2.04. The fourth-order valence-electron chi connectivity index (χ4n) is 4.43. The van der Waals surface area contributed by atoms with Crippen LogP contribution < -0.4 is 39.9 Å². The highest BCUT2D eigenvalue weighted by molar-refractivity contribution is 8.18. The van der Waals surface area contributed by atoms with Crippen LogP contribution in [-0.2, 0) is 0 Å². The lowest BCUT2D eigenvalue weighted by atomic mass is 10.4. The third kappa shape index (κ3) is 6.44. The van der Waals surface area contributed by atoms with Crippen LogP contribution in [0, 0.1) is 0 Å². The predicted octanol–water partition coefficient (Wildman–Crippen LogP) is 4.90. The van der Waals surface area contributed by atoms with Gasteiger partial charge >= 0.3 is 0 Å². The summed E-state index contributed by atoms with van der Waals surface area (Å²) in [6, 6.07) is 55.3. The predicted molar refractivity (Wildman–Crippen MR) is 158 cm³/mol. The number of halogens is 1. The van der Waals surface area contributed by atoms with E-state index in [1.54, 1.807) is 0 Å². The van der Waals surface area contributed by atoms with Gasteiger partial charge in [0.2, 0.25) is 0 Å². The molecule has 0 saturated carbocycles. The Labute approximate surface area is 241 Å². The molecule has 0 N–H and O–H groups in total. The van der Waals surface area contributed by atoms with Crippen molar-refractivity contribution in [2.24, 2.45) is 0 Å². The first-order chi connectivity index (χ1) is 17.3. The number of hydrogen-bond donors (Lipinski definition) is 0. The summed E-state index contributed by atoms with van der Waals surface area (Å²) in [6.45, 7) is 0. The molecule has 180 valence electrons. The summed E-state index contributed by atoms with van der Waals surface area (Å²) in [5.74, 6) is 0. The molecule has 0 bridgehead atoms. The molecular formula is C32H28IPS2. The van der Waals surface area contributed by atoms with E-state index in [-0.39, 0.29) is 24.0 Å². The van der Waals surface area contributed by atoms with Crippen LogP contribution in [0.2, 0.25) is 0 Å². The number of thioether (sulfide) groups is 2. The molecule has 0 aromatic heterocycles. The highest BCUT2D eigenvalue weighted by atomic mass is 127. The lowest BCUT2D eigenvalue weighted by Crippen LogP contribution is -3.00. The van der Waals surface area contributed by atoms with Crippen molar-refractivity contribution < 1.29 is 24.0 Å². The topological polar surface area (TPSA) is 0 Å². The average Bonchev–Trinajstić information content (AvgIpc) is 2.94. The van der Waals surface area contributed by atoms with Gasteiger partial charge in [-0.3, -0.25) is 0 Å². The Morgan fingerprint density at radius 1 is 0.417 bits per heavy atom. The Morgan fingerprint density at radius 3 is 1.00 bits per heavy atom. The molecule has 0 aliphatic carbocycles. The van der Waals surface area contributed by atoms with Gasteiger partial charge in [0.1, 0.15) is 23.2 Å². The highest BCUT2D eigenvalue weighted by Crippen LogP contribution is 2.59. The third-order valence-corrected chi connectivity index (χ3v) is 13.5. The van der Waals surface area contributed by atoms with Crippen molar-refractivity contribution in [2.45, 2.75) is 14.4 Å². The van der Waals surface area contributed by atoms with E-state index >= 15 is 0 Å². The molecule has 0 aliphatic rings. The fraction of sp³-hybridized carbons (Fsp3) is 0.0625. The second-order valence-corrected chi connectivity index (χ2v) is 14.7. The summed E-state index contributed by atoms with van der Waals surface area (Å²) in [6.07, 6.45) is 1.06. The molecule has 0 atom stereocenters. The zero-order valence-corrected chi connectivity index (χ0v) is 24.5. The minimum Gasteiger partial charge on any atom is -1.00 e. The molecule has 0 nitrogen and oxygen atoms in total. The Kier molecular flexibility index (Phi) is 10.1. The van der Waals surface area contributed by atoms with E-state index < -0.39 is 7.26 Å². The number of rotatable bonds is 9. The monoisotopic (exact) mass is 634 g/mol. The largest absolute Gasteiger partial charge is 1.00 e. The maximum absolute atomic E-state index is 2.34. The normalized spacial score (nSPS) is 11.1. The van der Waals surface area contributed by atoms with Gasteiger partial charge in [-0.15, -0.1) is 23.5 Å². The molecule has 0 radical (unpaired) electrons. The first kappa shape index (κ1) is 27.0. The van der Waals surface area contributed by atoms with Crippen LogP contribution in [-0.4, -0.2) is 10.7 Å². The molecule has 0 amide bonds. The van der Waals surface area contributed by atoms with Crippen LogP contribution >= 0.6 is 30.8 Å². The van der Waals surface area contributed by atoms with Crippen molar-refractivity contribution in [3.8, 4) is 0 Å². The molecule has 5 aromatic rings. The van der Waals surface area contributed by atoms with Gasteiger partial charge in [-0.1, -0.05) is 91.0 Å². The van der Waals surface area contributed by atoms with E-state index in [1.807, 2.05) is 23.5 Å². The zero-order valence-electron chi connectivity index (χ0n) is 19.9. The summed E-state index contributed by atoms with van der Waals surface area (Å²) in [7, 11) is -1.92. The second kappa shape index (κ2) is 13.5. The van der Waals surface area contributed by atoms with E-state index in [0.717, 1.165) is 6.16 Å². The zero-order chi connectivity index (χ0) is 23.8. The van der Waals surface area contributed by atoms with Crippen molar-refractivity contribution in [2.75, 3.05) is 6.16 Å². The van der Waals surface area contributed by atoms with Gasteiger partial charge in [-0.05, 0) is 60.7 Å². The van der Waals surface area contributed by atoms with E-state index in [1.165, 1.54) is 25.7 Å². The molecule has 0 unspecified atom stereocenters. The SMILES string of the molecule is [I-].c1ccc(SC(C[P+](c2ccccc2)(c2ccccc2)c2ccccc2)Sc2ccccc2)cc1. The van der Waals surface area contributed by atoms with Crippen LogP contribution in [0.25, 0.3) is 0 Å². The Bertz CT molecular complexity index is 1160. The van der Waals surface area contributed by atoms with Crippen LogP contribution in [0.5, 0.6) is 0 Å². The van der Waals surface area contributed by atoms with Crippen LogP contribution in [0.3, 0.4) is 0 Å². The van der Waals surface area contributed by atoms with E-state index in [9.17, 15) is 0 Å². The number of hydrogen-bond acceptors (Lipinski definition) is 2. The molecule has 5 rings (SSSR count). The molecule has 0 heterocycles. The van der Waals surface area contributed by atoms with E-state index in [4.69, 9.17) is 0 Å². The van der Waals surface area contributed by atoms with Gasteiger partial charge < -0.3 is 24.0 Å². The van der Waals surface area contributed by atoms with Crippen LogP contribution in [0.4, 0.5) is 0 Å². The van der Waals surface area contributed by atoms with Crippen molar-refractivity contribution >= 4 is 46.7 Å². The van der Waals surface area contributed by atoms with Crippen molar-refractivity contribution in [3.05, 3.63) is 152 Å². The minimum absolute atomic E-state index is 0. The molecule has 0 saturated heterocycles. The van der Waals surface area contributed by atoms with Gasteiger partial charge in [0.05, 0.1) is 10.7 Å². The second-order valence-electron chi connectivity index (χ2n) is 8.29. The Morgan fingerprint density at radius 2 is 0.694 bits per heavy atom. The van der Waals surface area contributed by atoms with Crippen LogP contribution in [0.1, 0.15) is 0 Å². The van der Waals surface area contributed by atoms with Gasteiger partial charge in [0.25, 0.3) is 0 Å². The maximum Gasteiger partial charge on any atom is 0.114 e. The van der Waals surface area contributed by atoms with Crippen molar-refractivity contribution in [3.63, 3.8) is 0 Å². The number of benzene rings is 5. The van der Waals surface area contributed by atoms with Gasteiger partial charge in [0, 0.05) is 9.79 Å². The summed E-state index contributed by atoms with van der Waals surface area (Å²) in [4.78, 5) is 2.63. The fourth-order valence-corrected chi connectivity index (χ4v) is 12.5. The standard InChI is InChI=1S/C32H28PS2.HI/c1-6-16-27(17-7-1)33(28-18-8-2-9-19-28,29-20-10-3-11-21-29)26-32(34-30-22-12-4-13-23-30)35-31-24-14-5-15-25-31;/h1-25,32H,26H2;1H/q+1;/p-1. The highest BCUT2D eigenvalue weighted by Gasteiger charge is 2.47. The van der Waals surface area contributed by atoms with Crippen molar-refractivity contribution in [1.82, 2.24) is 0 Å². The first-order valence-electron chi connectivity index (χ1n) is 11.8. The third-order valence-electron chi connectivity index (χ3n) is 6.04. The average molecular weight is 635 g/mol. The van der Waals surface area contributed by atoms with Gasteiger partial charge in [0.15, 0.2) is 0 Å². The summed E-state index contributed by atoms with van der Waals surface area (Å²) >= 11 is 3.97. The molecule has 5 aromatic carbocycles. The summed E-state index contributed by atoms with van der Waals surface area (Å²) in [5, 5.41) is 4.30. The quantitative estimate of drug-likeness (QED) is 0.0981. The molecule has 0 aliphatic heterocycles. The van der Waals surface area contributed by atoms with Crippen molar-refractivity contribution in [1.29, 1.82) is 0 Å². The first-order valence-corrected chi connectivity index (χ1v) is 15.6. The molecule has 4 heteroatoms. The summed E-state index contributed by atoms with van der Waals surface area (Å²) < 4.78 is 0.341. The molecular weight excluding hydrogens is 606 g/mol. The van der Waals surface area contributed by atoms with Gasteiger partial charge in [-0.2, -0.15) is 0 Å². The molecule has 0 spiro atoms. The smallest absolute Gasteiger partial charge is 0.114 e. The lowest BCUT2D eigenvalue weighted by molar-refractivity contribution is -0.00000660. The molecule has 36 heavy (non-hydrogen) atoms. The molecule has 0 fully saturated rings. The summed E-state index contributed by atoms with van der Waals surface area (Å²) in [5.41, 5.74) is 0. The van der Waals surface area contributed by atoms with E-state index in [0.29, 0.717) is 4.58 Å². The minimum atomic E-state index is -1.92.